The topological polar surface area (TPSA) is 83.7 Å². The third kappa shape index (κ3) is 5.23. The molecule has 0 radical (unpaired) electrons. The monoisotopic (exact) mass is 858 g/mol. The summed E-state index contributed by atoms with van der Waals surface area (Å²) >= 11 is 0. The quantitative estimate of drug-likeness (QED) is 0.176. The number of nitriles is 2. The molecule has 0 saturated carbocycles. The van der Waals surface area contributed by atoms with E-state index in [1.165, 1.54) is 6.07 Å². The lowest BCUT2D eigenvalue weighted by Gasteiger charge is -2.21. The molecule has 0 bridgehead atoms. The number of hydrogen-bond donors (Lipinski definition) is 0. The SMILES string of the molecule is N#Cc1cc(C(F)(F)F)ccc1-c1ccc(-n2c3ccccc3c3c4oc5ccccc5c4ccc32)c(-c2c(C#N)cccc2-n2c3ccccc3c3c4oc5ccccc5c4ccc32)c1. The third-order valence-electron chi connectivity index (χ3n) is 13.0. The molecule has 0 saturated heterocycles. The second-order valence-corrected chi connectivity index (χ2v) is 16.5. The molecule has 310 valence electrons. The van der Waals surface area contributed by atoms with Crippen molar-refractivity contribution in [2.75, 3.05) is 0 Å². The van der Waals surface area contributed by atoms with E-state index in [2.05, 4.69) is 63.7 Å². The number of furan rings is 2. The standard InChI is InChI=1S/C57H29F3N4O2/c58-57(59,60)35-21-22-36(34(28-35)31-62)32-20-25-46(63-44-15-5-1-13-41(44)53-48(63)26-23-39-37-11-3-7-18-50(37)65-55(39)53)43(29-32)52-33(30-61)10-9-17-47(52)64-45-16-6-2-14-42(45)54-49(64)27-24-40-38-12-4-8-19-51(38)66-56(40)54/h1-29H. The molecule has 4 aromatic heterocycles. The average Bonchev–Trinajstić information content (AvgIpc) is 4.10. The van der Waals surface area contributed by atoms with Crippen molar-refractivity contribution < 1.29 is 22.0 Å². The van der Waals surface area contributed by atoms with E-state index in [1.54, 1.807) is 6.07 Å². The zero-order valence-corrected chi connectivity index (χ0v) is 34.5. The van der Waals surface area contributed by atoms with E-state index < -0.39 is 11.7 Å². The van der Waals surface area contributed by atoms with Gasteiger partial charge in [-0.3, -0.25) is 0 Å². The Bertz CT molecular complexity index is 4320. The number of rotatable bonds is 4. The van der Waals surface area contributed by atoms with Crippen LogP contribution in [0.3, 0.4) is 0 Å². The zero-order chi connectivity index (χ0) is 44.4. The fraction of sp³-hybridized carbons (Fsp3) is 0.0175. The Kier molecular flexibility index (Phi) is 7.80. The summed E-state index contributed by atoms with van der Waals surface area (Å²) < 4.78 is 59.6. The van der Waals surface area contributed by atoms with Gasteiger partial charge in [-0.15, -0.1) is 0 Å². The second-order valence-electron chi connectivity index (χ2n) is 16.5. The second kappa shape index (κ2) is 13.7. The summed E-state index contributed by atoms with van der Waals surface area (Å²) in [4.78, 5) is 0. The van der Waals surface area contributed by atoms with Gasteiger partial charge in [0, 0.05) is 43.4 Å². The number of para-hydroxylation sites is 4. The maximum absolute atomic E-state index is 14.0. The Labute approximate surface area is 372 Å². The number of halogens is 3. The van der Waals surface area contributed by atoms with E-state index in [1.807, 2.05) is 109 Å². The van der Waals surface area contributed by atoms with Crippen molar-refractivity contribution in [3.8, 4) is 45.8 Å². The van der Waals surface area contributed by atoms with E-state index in [0.717, 1.165) is 99.6 Å². The normalized spacial score (nSPS) is 12.1. The summed E-state index contributed by atoms with van der Waals surface area (Å²) in [6.07, 6.45) is -4.64. The fourth-order valence-electron chi connectivity index (χ4n) is 10.3. The number of hydrogen-bond acceptors (Lipinski definition) is 4. The van der Waals surface area contributed by atoms with Crippen LogP contribution >= 0.6 is 0 Å². The molecule has 9 aromatic carbocycles. The van der Waals surface area contributed by atoms with Gasteiger partial charge in [0.25, 0.3) is 0 Å². The predicted octanol–water partition coefficient (Wildman–Crippen LogP) is 15.8. The van der Waals surface area contributed by atoms with E-state index in [9.17, 15) is 23.7 Å². The summed E-state index contributed by atoms with van der Waals surface area (Å²) in [5.41, 5.74) is 9.26. The lowest BCUT2D eigenvalue weighted by Crippen LogP contribution is -2.06. The molecule has 4 heterocycles. The van der Waals surface area contributed by atoms with Crippen molar-refractivity contribution >= 4 is 87.5 Å². The van der Waals surface area contributed by atoms with E-state index >= 15 is 0 Å². The van der Waals surface area contributed by atoms with Crippen LogP contribution in [0.15, 0.2) is 185 Å². The summed E-state index contributed by atoms with van der Waals surface area (Å²) in [7, 11) is 0. The van der Waals surface area contributed by atoms with E-state index in [0.29, 0.717) is 39.2 Å². The van der Waals surface area contributed by atoms with Gasteiger partial charge in [-0.1, -0.05) is 91.0 Å². The molecule has 13 rings (SSSR count). The molecule has 0 amide bonds. The third-order valence-corrected chi connectivity index (χ3v) is 13.0. The van der Waals surface area contributed by atoms with Gasteiger partial charge >= 0.3 is 6.18 Å². The van der Waals surface area contributed by atoms with Gasteiger partial charge in [-0.05, 0) is 96.1 Å². The number of aromatic nitrogens is 2. The molecular formula is C57H29F3N4O2. The van der Waals surface area contributed by atoms with Crippen molar-refractivity contribution in [2.24, 2.45) is 0 Å². The Balaban J connectivity index is 1.16. The highest BCUT2D eigenvalue weighted by molar-refractivity contribution is 6.25. The molecule has 13 aromatic rings. The summed E-state index contributed by atoms with van der Waals surface area (Å²) in [5, 5.41) is 29.2. The summed E-state index contributed by atoms with van der Waals surface area (Å²) in [5.74, 6) is 0. The van der Waals surface area contributed by atoms with Gasteiger partial charge < -0.3 is 18.0 Å². The molecule has 0 unspecified atom stereocenters. The molecule has 0 N–H and O–H groups in total. The van der Waals surface area contributed by atoms with Crippen LogP contribution in [0.1, 0.15) is 16.7 Å². The average molecular weight is 859 g/mol. The van der Waals surface area contributed by atoms with Crippen LogP contribution < -0.4 is 0 Å². The minimum Gasteiger partial charge on any atom is -0.455 e. The maximum Gasteiger partial charge on any atom is 0.416 e. The minimum absolute atomic E-state index is 0.126. The highest BCUT2D eigenvalue weighted by atomic mass is 19.4. The first kappa shape index (κ1) is 37.5. The molecule has 6 nitrogen and oxygen atoms in total. The molecule has 9 heteroatoms. The first-order chi connectivity index (χ1) is 32.3. The van der Waals surface area contributed by atoms with E-state index in [-0.39, 0.29) is 5.56 Å². The first-order valence-corrected chi connectivity index (χ1v) is 21.3. The van der Waals surface area contributed by atoms with Crippen LogP contribution in [-0.2, 0) is 6.18 Å². The van der Waals surface area contributed by atoms with Crippen molar-refractivity contribution in [1.82, 2.24) is 9.13 Å². The molecular weight excluding hydrogens is 830 g/mol. The molecule has 0 aliphatic heterocycles. The molecule has 0 aliphatic rings. The minimum atomic E-state index is -4.64. The molecule has 0 aliphatic carbocycles. The Morgan fingerprint density at radius 3 is 1.55 bits per heavy atom. The Morgan fingerprint density at radius 2 is 0.970 bits per heavy atom. The zero-order valence-electron chi connectivity index (χ0n) is 34.5. The lowest BCUT2D eigenvalue weighted by molar-refractivity contribution is -0.137. The van der Waals surface area contributed by atoms with Crippen LogP contribution in [0.25, 0.3) is 121 Å². The van der Waals surface area contributed by atoms with Gasteiger partial charge in [0.1, 0.15) is 22.3 Å². The van der Waals surface area contributed by atoms with Crippen molar-refractivity contribution in [3.63, 3.8) is 0 Å². The Hall–Kier alpha value is -9.05. The van der Waals surface area contributed by atoms with Crippen molar-refractivity contribution in [1.29, 1.82) is 10.5 Å². The molecule has 0 atom stereocenters. The largest absolute Gasteiger partial charge is 0.455 e. The summed E-state index contributed by atoms with van der Waals surface area (Å²) in [6.45, 7) is 0. The van der Waals surface area contributed by atoms with Gasteiger partial charge in [0.2, 0.25) is 0 Å². The number of benzene rings is 9. The Morgan fingerprint density at radius 1 is 0.424 bits per heavy atom. The van der Waals surface area contributed by atoms with Gasteiger partial charge in [0.05, 0.1) is 73.0 Å². The van der Waals surface area contributed by atoms with Gasteiger partial charge in [0.15, 0.2) is 0 Å². The van der Waals surface area contributed by atoms with E-state index in [4.69, 9.17) is 8.83 Å². The van der Waals surface area contributed by atoms with Gasteiger partial charge in [-0.25, -0.2) is 0 Å². The predicted molar refractivity (Wildman–Crippen MR) is 255 cm³/mol. The summed E-state index contributed by atoms with van der Waals surface area (Å²) in [6, 6.07) is 59.5. The number of alkyl halides is 3. The molecule has 0 fully saturated rings. The highest BCUT2D eigenvalue weighted by Crippen LogP contribution is 2.47. The van der Waals surface area contributed by atoms with Crippen LogP contribution in [0, 0.1) is 22.7 Å². The van der Waals surface area contributed by atoms with Crippen molar-refractivity contribution in [2.45, 2.75) is 6.18 Å². The van der Waals surface area contributed by atoms with Crippen LogP contribution in [0.2, 0.25) is 0 Å². The van der Waals surface area contributed by atoms with Crippen LogP contribution in [-0.4, -0.2) is 9.13 Å². The number of nitrogens with zero attached hydrogens (tertiary/aromatic N) is 4. The van der Waals surface area contributed by atoms with Crippen molar-refractivity contribution in [3.05, 3.63) is 193 Å². The first-order valence-electron chi connectivity index (χ1n) is 21.3. The fourth-order valence-corrected chi connectivity index (χ4v) is 10.3. The molecule has 0 spiro atoms. The smallest absolute Gasteiger partial charge is 0.416 e. The van der Waals surface area contributed by atoms with Crippen LogP contribution in [0.5, 0.6) is 0 Å². The lowest BCUT2D eigenvalue weighted by atomic mass is 9.91. The van der Waals surface area contributed by atoms with Gasteiger partial charge in [-0.2, -0.15) is 23.7 Å². The molecule has 66 heavy (non-hydrogen) atoms. The maximum atomic E-state index is 14.0. The highest BCUT2D eigenvalue weighted by Gasteiger charge is 2.32. The van der Waals surface area contributed by atoms with Crippen LogP contribution in [0.4, 0.5) is 13.2 Å². The number of fused-ring (bicyclic) bond motifs is 14.